The van der Waals surface area contributed by atoms with Crippen LogP contribution in [0.3, 0.4) is 0 Å². The number of aromatic nitrogens is 6. The second-order valence-electron chi connectivity index (χ2n) is 22.0. The van der Waals surface area contributed by atoms with Gasteiger partial charge in [0.2, 0.25) is 0 Å². The van der Waals surface area contributed by atoms with E-state index < -0.39 is 0 Å². The van der Waals surface area contributed by atoms with Crippen molar-refractivity contribution in [2.45, 2.75) is 148 Å². The lowest BCUT2D eigenvalue weighted by Gasteiger charge is -2.20. The molecule has 0 amide bonds. The maximum Gasteiger partial charge on any atom is 0.161 e. The monoisotopic (exact) mass is 1130 g/mol. The summed E-state index contributed by atoms with van der Waals surface area (Å²) < 4.78 is 0. The Bertz CT molecular complexity index is 3690. The topological polar surface area (TPSA) is 163 Å². The Hall–Kier alpha value is -8.76. The van der Waals surface area contributed by atoms with Gasteiger partial charge in [0.05, 0.1) is 23.7 Å². The van der Waals surface area contributed by atoms with E-state index in [4.69, 9.17) is 0 Å². The smallest absolute Gasteiger partial charge is 0.161 e. The highest BCUT2D eigenvalue weighted by Crippen LogP contribution is 2.42. The van der Waals surface area contributed by atoms with E-state index in [9.17, 15) is 19.2 Å². The van der Waals surface area contributed by atoms with Gasteiger partial charge in [-0.05, 0) is 166 Å². The van der Waals surface area contributed by atoms with Crippen molar-refractivity contribution in [1.29, 1.82) is 0 Å². The van der Waals surface area contributed by atoms with Crippen LogP contribution in [0.2, 0.25) is 0 Å². The van der Waals surface area contributed by atoms with Crippen LogP contribution in [0.4, 0.5) is 0 Å². The number of benzene rings is 4. The van der Waals surface area contributed by atoms with Gasteiger partial charge in [0.1, 0.15) is 0 Å². The minimum atomic E-state index is -0.117. The quantitative estimate of drug-likeness (QED) is 0.0531. The SMILES string of the molecule is CC.CC.CC(=O)c1c(C)[nH]c(C(c2ccc(C)cc2)c2ccc(C(c3ccc(C)cc3)c3[nH]c(C)c(C(C)=O)c3C)[nH]2)c1C.CC(=O)c1c(C)[nH]c(C(c2ccccc2)c2ccc(C(c3ccccc3)c3[nH]c(C)c(C(C)=O)c3C)[nH]2)c1C.[HH].[HH].[HH].[HH].[HH].[HH]. The summed E-state index contributed by atoms with van der Waals surface area (Å²) in [4.78, 5) is 71.7. The molecule has 10 nitrogen and oxygen atoms in total. The molecule has 6 aromatic heterocycles. The van der Waals surface area contributed by atoms with E-state index in [1.54, 1.807) is 27.7 Å². The standard InChI is InChI=1S/C36H39N3O2.C34H35N3O2.2C2H6.6H2/c1-19-9-13-27(14-10-19)33(35-21(3)31(25(7)40)23(5)37-35)29-17-18-30(39-29)34(28-15-11-20(2)12-16-28)36-22(4)32(26(8)41)24(6)38-36;1-19-29(23(5)38)21(3)35-33(19)31(25-13-9-7-10-14-25)27-17-18-28(37-27)32(26-15-11-8-12-16-26)34-20(2)30(24(6)39)22(4)36-34;2*1-2;;;;;;/h9-18,33-34,37-39H,1-8H3;7-18,31-32,35-37H,1-6H3;2*1-2H3;6*1H. The van der Waals surface area contributed by atoms with Gasteiger partial charge in [0.25, 0.3) is 0 Å². The third-order valence-electron chi connectivity index (χ3n) is 16.3. The number of carbonyl (C=O) groups excluding carboxylic acids is 4. The van der Waals surface area contributed by atoms with E-state index in [1.807, 2.05) is 119 Å². The molecule has 0 aliphatic carbocycles. The minimum absolute atomic E-state index is 0. The van der Waals surface area contributed by atoms with Crippen LogP contribution in [0.5, 0.6) is 0 Å². The predicted octanol–water partition coefficient (Wildman–Crippen LogP) is 19.5. The molecular formula is C74H98N6O4. The van der Waals surface area contributed by atoms with Gasteiger partial charge in [-0.15, -0.1) is 0 Å². The molecule has 10 aromatic rings. The molecule has 0 saturated carbocycles. The van der Waals surface area contributed by atoms with Crippen LogP contribution in [0.15, 0.2) is 133 Å². The number of carbonyl (C=O) groups is 4. The van der Waals surface area contributed by atoms with Gasteiger partial charge in [-0.2, -0.15) is 0 Å². The van der Waals surface area contributed by atoms with Crippen LogP contribution < -0.4 is 0 Å². The van der Waals surface area contributed by atoms with Gasteiger partial charge in [-0.25, -0.2) is 0 Å². The lowest BCUT2D eigenvalue weighted by molar-refractivity contribution is 0.100. The Morgan fingerprint density at radius 2 is 0.488 bits per heavy atom. The minimum Gasteiger partial charge on any atom is -0.361 e. The second-order valence-corrected chi connectivity index (χ2v) is 22.0. The van der Waals surface area contributed by atoms with Crippen LogP contribution in [0.25, 0.3) is 0 Å². The molecule has 0 fully saturated rings. The lowest BCUT2D eigenvalue weighted by Crippen LogP contribution is -2.09. The zero-order valence-corrected chi connectivity index (χ0v) is 52.6. The average Bonchev–Trinajstić information content (AvgIpc) is 1.80. The number of Topliss-reactive ketones (excluding diaryl/α,β-unsaturated/α-hetero) is 4. The summed E-state index contributed by atoms with van der Waals surface area (Å²) in [6, 6.07) is 46.5. The molecule has 0 spiro atoms. The summed E-state index contributed by atoms with van der Waals surface area (Å²) in [6.45, 7) is 34.7. The normalized spacial score (nSPS) is 12.4. The van der Waals surface area contributed by atoms with Crippen LogP contribution in [-0.2, 0) is 0 Å². The summed E-state index contributed by atoms with van der Waals surface area (Å²) in [7, 11) is 0. The molecule has 0 radical (unpaired) electrons. The summed E-state index contributed by atoms with van der Waals surface area (Å²) in [6.07, 6.45) is 0. The number of rotatable bonds is 16. The average molecular weight is 1140 g/mol. The van der Waals surface area contributed by atoms with Crippen LogP contribution >= 0.6 is 0 Å². The highest BCUT2D eigenvalue weighted by molar-refractivity contribution is 5.99. The molecule has 6 heterocycles. The van der Waals surface area contributed by atoms with E-state index in [1.165, 1.54) is 11.1 Å². The maximum atomic E-state index is 12.5. The van der Waals surface area contributed by atoms with Crippen LogP contribution in [-0.4, -0.2) is 53.0 Å². The molecule has 448 valence electrons. The predicted molar refractivity (Wildman–Crippen MR) is 357 cm³/mol. The summed E-state index contributed by atoms with van der Waals surface area (Å²) in [5, 5.41) is 0. The Morgan fingerprint density at radius 3 is 0.679 bits per heavy atom. The number of aromatic amines is 6. The van der Waals surface area contributed by atoms with E-state index >= 15 is 0 Å². The summed E-state index contributed by atoms with van der Waals surface area (Å²) in [5.41, 5.74) is 25.6. The van der Waals surface area contributed by atoms with Crippen LogP contribution in [0.1, 0.15) is 253 Å². The molecule has 6 N–H and O–H groups in total. The van der Waals surface area contributed by atoms with Crippen molar-refractivity contribution in [3.63, 3.8) is 0 Å². The van der Waals surface area contributed by atoms with Crippen molar-refractivity contribution >= 4 is 23.1 Å². The summed E-state index contributed by atoms with van der Waals surface area (Å²) in [5.74, 6) is -0.191. The lowest BCUT2D eigenvalue weighted by atomic mass is 9.89. The van der Waals surface area contributed by atoms with Crippen molar-refractivity contribution in [2.24, 2.45) is 0 Å². The third kappa shape index (κ3) is 12.7. The highest BCUT2D eigenvalue weighted by Gasteiger charge is 2.32. The van der Waals surface area contributed by atoms with Gasteiger partial charge < -0.3 is 29.9 Å². The van der Waals surface area contributed by atoms with Crippen molar-refractivity contribution in [2.75, 3.05) is 0 Å². The van der Waals surface area contributed by atoms with E-state index in [2.05, 4.69) is 141 Å². The first-order valence-electron chi connectivity index (χ1n) is 29.6. The zero-order valence-electron chi connectivity index (χ0n) is 52.6. The number of hydrogen-bond donors (Lipinski definition) is 6. The first kappa shape index (κ1) is 62.8. The Kier molecular flexibility index (Phi) is 20.3. The van der Waals surface area contributed by atoms with Gasteiger partial charge in [0.15, 0.2) is 23.1 Å². The molecule has 84 heavy (non-hydrogen) atoms. The Balaban J connectivity index is 0.000000803. The van der Waals surface area contributed by atoms with Gasteiger partial charge in [-0.3, -0.25) is 19.2 Å². The molecule has 0 aliphatic rings. The fourth-order valence-electron chi connectivity index (χ4n) is 12.7. The Morgan fingerprint density at radius 1 is 0.286 bits per heavy atom. The molecule has 0 aliphatic heterocycles. The highest BCUT2D eigenvalue weighted by atomic mass is 16.1. The van der Waals surface area contributed by atoms with Crippen molar-refractivity contribution in [3.05, 3.63) is 280 Å². The molecule has 0 saturated heterocycles. The summed E-state index contributed by atoms with van der Waals surface area (Å²) >= 11 is 0. The number of nitrogens with one attached hydrogen (secondary N) is 6. The molecule has 0 bridgehead atoms. The number of ketones is 4. The first-order chi connectivity index (χ1) is 40.2. The molecule has 4 atom stereocenters. The van der Waals surface area contributed by atoms with Gasteiger partial charge in [0, 0.05) is 99.1 Å². The number of hydrogen-bond acceptors (Lipinski definition) is 4. The fourth-order valence-corrected chi connectivity index (χ4v) is 12.7. The molecule has 10 heteroatoms. The van der Waals surface area contributed by atoms with Gasteiger partial charge in [-0.1, -0.05) is 148 Å². The van der Waals surface area contributed by atoms with E-state index in [0.717, 1.165) is 135 Å². The van der Waals surface area contributed by atoms with Gasteiger partial charge >= 0.3 is 0 Å². The first-order valence-corrected chi connectivity index (χ1v) is 29.6. The van der Waals surface area contributed by atoms with E-state index in [-0.39, 0.29) is 55.4 Å². The second kappa shape index (κ2) is 27.1. The number of aryl methyl sites for hydroxylation is 6. The van der Waals surface area contributed by atoms with Crippen molar-refractivity contribution in [3.8, 4) is 0 Å². The molecule has 4 unspecified atom stereocenters. The zero-order chi connectivity index (χ0) is 61.4. The van der Waals surface area contributed by atoms with E-state index in [0.29, 0.717) is 0 Å². The molecular weight excluding hydrogens is 1040 g/mol. The largest absolute Gasteiger partial charge is 0.361 e. The third-order valence-corrected chi connectivity index (χ3v) is 16.3. The van der Waals surface area contributed by atoms with Crippen LogP contribution in [0, 0.1) is 69.2 Å². The Labute approximate surface area is 506 Å². The van der Waals surface area contributed by atoms with Crippen molar-refractivity contribution in [1.82, 2.24) is 29.9 Å². The van der Waals surface area contributed by atoms with Crippen molar-refractivity contribution < 1.29 is 27.7 Å². The fraction of sp³-hybridized carbons (Fsp3) is 0.297. The molecule has 4 aromatic carbocycles. The maximum absolute atomic E-state index is 12.5. The molecule has 10 rings (SSSR count). The number of H-pyrrole nitrogens is 6.